The molecule has 1 atom stereocenters. The van der Waals surface area contributed by atoms with Crippen molar-refractivity contribution in [2.45, 2.75) is 26.4 Å². The first kappa shape index (κ1) is 19.3. The van der Waals surface area contributed by atoms with Crippen molar-refractivity contribution in [1.82, 2.24) is 10.4 Å². The number of aromatic nitrogens is 1. The number of amides is 1. The fraction of sp³-hybridized carbons (Fsp3) is 0.235. The molecular formula is C17H17ClN4O4. The summed E-state index contributed by atoms with van der Waals surface area (Å²) in [5.41, 5.74) is 2.13. The van der Waals surface area contributed by atoms with Crippen molar-refractivity contribution in [3.63, 3.8) is 0 Å². The standard InChI is InChI=1S/C17H17ClN4O4/c1-3-11(2)26-15-7-6-12(9-13(15)18)10-20-21-17(23)16-14(22(24)25)5-4-8-19-16/h4-11H,3H2,1-2H3,(H,21,23)/b20-10-/t11-/m1/s1. The zero-order chi connectivity index (χ0) is 19.1. The molecule has 0 bridgehead atoms. The Morgan fingerprint density at radius 3 is 2.92 bits per heavy atom. The maximum Gasteiger partial charge on any atom is 0.300 e. The average Bonchev–Trinajstić information content (AvgIpc) is 2.63. The summed E-state index contributed by atoms with van der Waals surface area (Å²) < 4.78 is 5.67. The van der Waals surface area contributed by atoms with E-state index in [4.69, 9.17) is 16.3 Å². The van der Waals surface area contributed by atoms with Gasteiger partial charge < -0.3 is 4.74 Å². The van der Waals surface area contributed by atoms with Crippen LogP contribution in [0, 0.1) is 10.1 Å². The Labute approximate surface area is 155 Å². The number of nitrogens with one attached hydrogen (secondary N) is 1. The van der Waals surface area contributed by atoms with Crippen molar-refractivity contribution < 1.29 is 14.5 Å². The topological polar surface area (TPSA) is 107 Å². The Hall–Kier alpha value is -3.00. The van der Waals surface area contributed by atoms with E-state index in [9.17, 15) is 14.9 Å². The summed E-state index contributed by atoms with van der Waals surface area (Å²) in [4.78, 5) is 25.9. The van der Waals surface area contributed by atoms with Gasteiger partial charge in [0.15, 0.2) is 0 Å². The lowest BCUT2D eigenvalue weighted by atomic mass is 10.2. The van der Waals surface area contributed by atoms with Gasteiger partial charge in [0.05, 0.1) is 22.3 Å². The van der Waals surface area contributed by atoms with E-state index in [1.807, 2.05) is 13.8 Å². The first-order chi connectivity index (χ1) is 12.4. The van der Waals surface area contributed by atoms with Gasteiger partial charge in [0.2, 0.25) is 5.69 Å². The van der Waals surface area contributed by atoms with Gasteiger partial charge in [-0.2, -0.15) is 5.10 Å². The summed E-state index contributed by atoms with van der Waals surface area (Å²) in [5, 5.41) is 15.1. The van der Waals surface area contributed by atoms with Crippen molar-refractivity contribution in [1.29, 1.82) is 0 Å². The zero-order valence-electron chi connectivity index (χ0n) is 14.2. The number of nitrogens with zero attached hydrogens (tertiary/aromatic N) is 3. The van der Waals surface area contributed by atoms with Crippen molar-refractivity contribution in [3.8, 4) is 5.75 Å². The molecule has 1 aromatic heterocycles. The van der Waals surface area contributed by atoms with Gasteiger partial charge in [0, 0.05) is 12.3 Å². The molecule has 0 fully saturated rings. The molecule has 0 spiro atoms. The number of carbonyl (C=O) groups is 1. The van der Waals surface area contributed by atoms with E-state index in [2.05, 4.69) is 15.5 Å². The minimum absolute atomic E-state index is 0.0421. The summed E-state index contributed by atoms with van der Waals surface area (Å²) in [6.45, 7) is 3.95. The molecule has 2 aromatic rings. The van der Waals surface area contributed by atoms with E-state index in [1.54, 1.807) is 18.2 Å². The van der Waals surface area contributed by atoms with E-state index in [-0.39, 0.29) is 11.8 Å². The highest BCUT2D eigenvalue weighted by Crippen LogP contribution is 2.26. The average molecular weight is 377 g/mol. The molecule has 1 amide bonds. The Kier molecular flexibility index (Phi) is 6.62. The number of pyridine rings is 1. The van der Waals surface area contributed by atoms with Crippen LogP contribution in [0.15, 0.2) is 41.6 Å². The molecule has 0 unspecified atom stereocenters. The smallest absolute Gasteiger partial charge is 0.300 e. The molecule has 0 aliphatic carbocycles. The number of halogens is 1. The monoisotopic (exact) mass is 376 g/mol. The highest BCUT2D eigenvalue weighted by atomic mass is 35.5. The summed E-state index contributed by atoms with van der Waals surface area (Å²) in [7, 11) is 0. The third-order valence-electron chi connectivity index (χ3n) is 3.44. The summed E-state index contributed by atoms with van der Waals surface area (Å²) in [6, 6.07) is 7.65. The minimum atomic E-state index is -0.781. The second-order valence-electron chi connectivity index (χ2n) is 5.35. The molecule has 1 heterocycles. The van der Waals surface area contributed by atoms with Crippen LogP contribution in [0.3, 0.4) is 0 Å². The summed E-state index contributed by atoms with van der Waals surface area (Å²) in [5.74, 6) is -0.220. The molecular weight excluding hydrogens is 360 g/mol. The normalized spacial score (nSPS) is 12.0. The van der Waals surface area contributed by atoms with Crippen LogP contribution in [0.4, 0.5) is 5.69 Å². The second kappa shape index (κ2) is 8.91. The lowest BCUT2D eigenvalue weighted by Gasteiger charge is -2.13. The number of hydrazone groups is 1. The van der Waals surface area contributed by atoms with Gasteiger partial charge in [-0.25, -0.2) is 10.4 Å². The van der Waals surface area contributed by atoms with Crippen LogP contribution in [-0.4, -0.2) is 28.1 Å². The van der Waals surface area contributed by atoms with Gasteiger partial charge in [0.25, 0.3) is 5.91 Å². The molecule has 8 nitrogen and oxygen atoms in total. The van der Waals surface area contributed by atoms with Gasteiger partial charge in [-0.15, -0.1) is 0 Å². The molecule has 0 saturated heterocycles. The summed E-state index contributed by atoms with van der Waals surface area (Å²) >= 11 is 6.16. The number of benzene rings is 1. The second-order valence-corrected chi connectivity index (χ2v) is 5.76. The fourth-order valence-electron chi connectivity index (χ4n) is 1.93. The van der Waals surface area contributed by atoms with Crippen molar-refractivity contribution in [2.24, 2.45) is 5.10 Å². The third-order valence-corrected chi connectivity index (χ3v) is 3.73. The highest BCUT2D eigenvalue weighted by Gasteiger charge is 2.20. The predicted molar refractivity (Wildman–Crippen MR) is 97.8 cm³/mol. The highest BCUT2D eigenvalue weighted by molar-refractivity contribution is 6.32. The fourth-order valence-corrected chi connectivity index (χ4v) is 2.16. The number of rotatable bonds is 7. The molecule has 1 aromatic carbocycles. The number of carbonyl (C=O) groups excluding carboxylic acids is 1. The number of nitro groups is 1. The van der Waals surface area contributed by atoms with Crippen molar-refractivity contribution in [3.05, 3.63) is 62.9 Å². The molecule has 1 N–H and O–H groups in total. The van der Waals surface area contributed by atoms with Crippen LogP contribution < -0.4 is 10.2 Å². The van der Waals surface area contributed by atoms with Gasteiger partial charge >= 0.3 is 5.69 Å². The Balaban J connectivity index is 2.06. The van der Waals surface area contributed by atoms with Crippen LogP contribution in [0.25, 0.3) is 0 Å². The zero-order valence-corrected chi connectivity index (χ0v) is 14.9. The van der Waals surface area contributed by atoms with E-state index in [1.165, 1.54) is 24.5 Å². The lowest BCUT2D eigenvalue weighted by molar-refractivity contribution is -0.385. The molecule has 2 rings (SSSR count). The van der Waals surface area contributed by atoms with Gasteiger partial charge in [0.1, 0.15) is 5.75 Å². The minimum Gasteiger partial charge on any atom is -0.489 e. The quantitative estimate of drug-likeness (QED) is 0.451. The number of hydrogen-bond acceptors (Lipinski definition) is 6. The predicted octanol–water partition coefficient (Wildman–Crippen LogP) is 3.58. The lowest BCUT2D eigenvalue weighted by Crippen LogP contribution is -2.20. The SMILES string of the molecule is CC[C@@H](C)Oc1ccc(/C=N\NC(=O)c2ncccc2[N+](=O)[O-])cc1Cl. The molecule has 0 aliphatic rings. The van der Waals surface area contributed by atoms with E-state index in [0.717, 1.165) is 6.42 Å². The van der Waals surface area contributed by atoms with Crippen LogP contribution in [0.2, 0.25) is 5.02 Å². The molecule has 26 heavy (non-hydrogen) atoms. The maximum absolute atomic E-state index is 12.0. The van der Waals surface area contributed by atoms with Gasteiger partial charge in [-0.1, -0.05) is 18.5 Å². The molecule has 0 saturated carbocycles. The Morgan fingerprint density at radius 2 is 2.27 bits per heavy atom. The Morgan fingerprint density at radius 1 is 1.50 bits per heavy atom. The first-order valence-corrected chi connectivity index (χ1v) is 8.19. The van der Waals surface area contributed by atoms with Gasteiger partial charge in [-0.3, -0.25) is 14.9 Å². The maximum atomic E-state index is 12.0. The molecule has 136 valence electrons. The van der Waals surface area contributed by atoms with Crippen molar-refractivity contribution >= 4 is 29.4 Å². The molecule has 0 aliphatic heterocycles. The van der Waals surface area contributed by atoms with Crippen LogP contribution in [0.5, 0.6) is 5.75 Å². The van der Waals surface area contributed by atoms with Crippen LogP contribution in [0.1, 0.15) is 36.3 Å². The largest absolute Gasteiger partial charge is 0.489 e. The van der Waals surface area contributed by atoms with E-state index in [0.29, 0.717) is 16.3 Å². The number of ether oxygens (including phenoxy) is 1. The van der Waals surface area contributed by atoms with Crippen LogP contribution in [-0.2, 0) is 0 Å². The van der Waals surface area contributed by atoms with Gasteiger partial charge in [-0.05, 0) is 43.2 Å². The third kappa shape index (κ3) is 5.00. The Bertz CT molecular complexity index is 841. The van der Waals surface area contributed by atoms with Crippen molar-refractivity contribution in [2.75, 3.05) is 0 Å². The number of hydrogen-bond donors (Lipinski definition) is 1. The molecule has 9 heteroatoms. The van der Waals surface area contributed by atoms with Crippen LogP contribution >= 0.6 is 11.6 Å². The summed E-state index contributed by atoms with van der Waals surface area (Å²) in [6.07, 6.45) is 3.55. The molecule has 0 radical (unpaired) electrons. The van der Waals surface area contributed by atoms with E-state index >= 15 is 0 Å². The first-order valence-electron chi connectivity index (χ1n) is 7.81. The van der Waals surface area contributed by atoms with E-state index < -0.39 is 16.5 Å².